The number of rotatable bonds is 2. The van der Waals surface area contributed by atoms with Gasteiger partial charge >= 0.3 is 6.09 Å². The number of pyridine rings is 1. The molecule has 0 atom stereocenters. The number of H-pyrrole nitrogens is 1. The number of aromatic amines is 1. The molecule has 0 spiro atoms. The molecule has 6 nitrogen and oxygen atoms in total. The van der Waals surface area contributed by atoms with Crippen LogP contribution in [0.1, 0.15) is 20.8 Å². The highest BCUT2D eigenvalue weighted by Gasteiger charge is 2.22. The summed E-state index contributed by atoms with van der Waals surface area (Å²) in [4.78, 5) is 17.4. The van der Waals surface area contributed by atoms with Gasteiger partial charge in [-0.3, -0.25) is 15.0 Å². The zero-order valence-electron chi connectivity index (χ0n) is 12.0. The van der Waals surface area contributed by atoms with E-state index in [4.69, 9.17) is 4.74 Å². The predicted molar refractivity (Wildman–Crippen MR) is 76.5 cm³/mol. The van der Waals surface area contributed by atoms with Crippen LogP contribution in [0.15, 0.2) is 30.6 Å². The van der Waals surface area contributed by atoms with Crippen LogP contribution in [0.2, 0.25) is 0 Å². The van der Waals surface area contributed by atoms with Crippen LogP contribution >= 0.6 is 0 Å². The van der Waals surface area contributed by atoms with Crippen molar-refractivity contribution in [2.24, 2.45) is 0 Å². The van der Waals surface area contributed by atoms with Crippen molar-refractivity contribution in [2.45, 2.75) is 26.4 Å². The summed E-state index contributed by atoms with van der Waals surface area (Å²) in [6, 6.07) is 5.53. The molecule has 0 aliphatic rings. The van der Waals surface area contributed by atoms with Crippen molar-refractivity contribution < 1.29 is 9.53 Å². The lowest BCUT2D eigenvalue weighted by Crippen LogP contribution is -2.34. The van der Waals surface area contributed by atoms with Crippen LogP contribution in [0.5, 0.6) is 0 Å². The maximum atomic E-state index is 11.9. The van der Waals surface area contributed by atoms with Gasteiger partial charge in [-0.25, -0.2) is 4.79 Å². The van der Waals surface area contributed by atoms with E-state index in [-0.39, 0.29) is 0 Å². The Labute approximate surface area is 117 Å². The molecule has 0 fully saturated rings. The molecule has 0 aromatic carbocycles. The molecule has 1 amide bonds. The average molecular weight is 274 g/mol. The largest absolute Gasteiger partial charge is 0.443 e. The Morgan fingerprint density at radius 2 is 2.15 bits per heavy atom. The molecule has 1 N–H and O–H groups in total. The topological polar surface area (TPSA) is 71.1 Å². The summed E-state index contributed by atoms with van der Waals surface area (Å²) >= 11 is 0. The zero-order chi connectivity index (χ0) is 14.8. The van der Waals surface area contributed by atoms with Crippen molar-refractivity contribution in [3.05, 3.63) is 30.6 Å². The van der Waals surface area contributed by atoms with Gasteiger partial charge in [-0.15, -0.1) is 0 Å². The summed E-state index contributed by atoms with van der Waals surface area (Å²) in [6.45, 7) is 5.47. The number of hydrogen-bond acceptors (Lipinski definition) is 4. The molecular formula is C14H18N4O2. The minimum absolute atomic E-state index is 0.443. The number of carbonyl (C=O) groups excluding carboxylic acids is 1. The lowest BCUT2D eigenvalue weighted by molar-refractivity contribution is 0.0588. The van der Waals surface area contributed by atoms with Crippen LogP contribution in [-0.4, -0.2) is 33.9 Å². The lowest BCUT2D eigenvalue weighted by Gasteiger charge is -2.23. The predicted octanol–water partition coefficient (Wildman–Crippen LogP) is 2.84. The molecule has 0 saturated carbocycles. The first-order valence-corrected chi connectivity index (χ1v) is 6.29. The molecule has 0 aliphatic carbocycles. The average Bonchev–Trinajstić information content (AvgIpc) is 2.86. The molecular weight excluding hydrogens is 256 g/mol. The normalized spacial score (nSPS) is 11.2. The Hall–Kier alpha value is -2.37. The number of nitrogens with zero attached hydrogens (tertiary/aromatic N) is 3. The number of ether oxygens (including phenoxy) is 1. The summed E-state index contributed by atoms with van der Waals surface area (Å²) in [7, 11) is 1.62. The van der Waals surface area contributed by atoms with Crippen LogP contribution in [-0.2, 0) is 4.74 Å². The van der Waals surface area contributed by atoms with Gasteiger partial charge in [-0.2, -0.15) is 5.10 Å². The molecule has 0 saturated heterocycles. The van der Waals surface area contributed by atoms with Gasteiger partial charge in [-0.1, -0.05) is 0 Å². The van der Waals surface area contributed by atoms with E-state index in [0.717, 1.165) is 11.3 Å². The first kappa shape index (κ1) is 14.0. The smallest absolute Gasteiger partial charge is 0.415 e. The fourth-order valence-electron chi connectivity index (χ4n) is 1.58. The van der Waals surface area contributed by atoms with Gasteiger partial charge in [0.15, 0.2) is 5.82 Å². The van der Waals surface area contributed by atoms with Crippen molar-refractivity contribution in [2.75, 3.05) is 11.9 Å². The number of carbonyl (C=O) groups is 1. The van der Waals surface area contributed by atoms with E-state index in [1.54, 1.807) is 25.5 Å². The molecule has 6 heteroatoms. The number of hydrogen-bond donors (Lipinski definition) is 1. The van der Waals surface area contributed by atoms with Gasteiger partial charge in [0, 0.05) is 31.1 Å². The summed E-state index contributed by atoms with van der Waals surface area (Å²) in [5.41, 5.74) is 1.17. The second kappa shape index (κ2) is 5.32. The minimum atomic E-state index is -0.534. The highest BCUT2D eigenvalue weighted by molar-refractivity contribution is 5.86. The van der Waals surface area contributed by atoms with Crippen molar-refractivity contribution in [3.8, 4) is 11.3 Å². The minimum Gasteiger partial charge on any atom is -0.443 e. The molecule has 0 unspecified atom stereocenters. The lowest BCUT2D eigenvalue weighted by atomic mass is 10.2. The summed E-state index contributed by atoms with van der Waals surface area (Å²) < 4.78 is 5.29. The van der Waals surface area contributed by atoms with E-state index in [1.807, 2.05) is 32.9 Å². The maximum absolute atomic E-state index is 11.9. The molecule has 2 aromatic heterocycles. The Bertz CT molecular complexity index is 587. The van der Waals surface area contributed by atoms with E-state index in [2.05, 4.69) is 15.2 Å². The van der Waals surface area contributed by atoms with E-state index >= 15 is 0 Å². The fraction of sp³-hybridized carbons (Fsp3) is 0.357. The van der Waals surface area contributed by atoms with Crippen LogP contribution in [0, 0.1) is 0 Å². The summed E-state index contributed by atoms with van der Waals surface area (Å²) in [6.07, 6.45) is 2.99. The third kappa shape index (κ3) is 3.34. The van der Waals surface area contributed by atoms with E-state index in [1.165, 1.54) is 4.90 Å². The zero-order valence-corrected chi connectivity index (χ0v) is 12.0. The molecule has 0 aliphatic heterocycles. The van der Waals surface area contributed by atoms with Gasteiger partial charge in [0.2, 0.25) is 0 Å². The van der Waals surface area contributed by atoms with Crippen LogP contribution < -0.4 is 4.90 Å². The second-order valence-electron chi connectivity index (χ2n) is 5.42. The van der Waals surface area contributed by atoms with Crippen molar-refractivity contribution in [1.29, 1.82) is 0 Å². The Balaban J connectivity index is 2.15. The second-order valence-corrected chi connectivity index (χ2v) is 5.42. The number of nitrogens with one attached hydrogen (secondary N) is 1. The third-order valence-corrected chi connectivity index (χ3v) is 2.55. The van der Waals surface area contributed by atoms with Gasteiger partial charge in [-0.05, 0) is 32.9 Å². The van der Waals surface area contributed by atoms with Crippen LogP contribution in [0.25, 0.3) is 11.3 Å². The molecule has 20 heavy (non-hydrogen) atoms. The fourth-order valence-corrected chi connectivity index (χ4v) is 1.58. The molecule has 0 bridgehead atoms. The first-order chi connectivity index (χ1) is 9.37. The number of aromatic nitrogens is 3. The highest BCUT2D eigenvalue weighted by Crippen LogP contribution is 2.21. The first-order valence-electron chi connectivity index (χ1n) is 6.29. The highest BCUT2D eigenvalue weighted by atomic mass is 16.6. The molecule has 2 aromatic rings. The monoisotopic (exact) mass is 274 g/mol. The Morgan fingerprint density at radius 1 is 1.40 bits per heavy atom. The maximum Gasteiger partial charge on any atom is 0.415 e. The summed E-state index contributed by atoms with van der Waals surface area (Å²) in [5.74, 6) is 0.498. The van der Waals surface area contributed by atoms with E-state index < -0.39 is 11.7 Å². The van der Waals surface area contributed by atoms with E-state index in [9.17, 15) is 4.79 Å². The molecule has 106 valence electrons. The molecule has 2 heterocycles. The Morgan fingerprint density at radius 3 is 2.75 bits per heavy atom. The number of anilines is 1. The van der Waals surface area contributed by atoms with Crippen molar-refractivity contribution >= 4 is 11.9 Å². The standard InChI is InChI=1S/C14H18N4O2/c1-14(2,3)20-13(19)18(4)12-8-11(16-17-12)10-6-5-7-15-9-10/h5-9H,1-4H3,(H,16,17). The van der Waals surface area contributed by atoms with Crippen molar-refractivity contribution in [3.63, 3.8) is 0 Å². The van der Waals surface area contributed by atoms with Gasteiger partial charge < -0.3 is 4.74 Å². The summed E-state index contributed by atoms with van der Waals surface area (Å²) in [5, 5.41) is 7.00. The van der Waals surface area contributed by atoms with Gasteiger partial charge in [0.05, 0.1) is 5.69 Å². The van der Waals surface area contributed by atoms with Gasteiger partial charge in [0.1, 0.15) is 5.60 Å². The number of amides is 1. The van der Waals surface area contributed by atoms with Crippen molar-refractivity contribution in [1.82, 2.24) is 15.2 Å². The SMILES string of the molecule is CN(C(=O)OC(C)(C)C)c1cc(-c2cccnc2)[nH]n1. The quantitative estimate of drug-likeness (QED) is 0.914. The van der Waals surface area contributed by atoms with Crippen LogP contribution in [0.4, 0.5) is 10.6 Å². The third-order valence-electron chi connectivity index (χ3n) is 2.55. The molecule has 2 rings (SSSR count). The van der Waals surface area contributed by atoms with E-state index in [0.29, 0.717) is 5.82 Å². The molecule has 0 radical (unpaired) electrons. The van der Waals surface area contributed by atoms with Gasteiger partial charge in [0.25, 0.3) is 0 Å². The Kier molecular flexibility index (Phi) is 3.74. The van der Waals surface area contributed by atoms with Crippen LogP contribution in [0.3, 0.4) is 0 Å².